The molecule has 0 aromatic heterocycles. The number of halogens is 1. The van der Waals surface area contributed by atoms with Crippen LogP contribution in [0.4, 0.5) is 0 Å². The van der Waals surface area contributed by atoms with Crippen LogP contribution in [0.5, 0.6) is 5.75 Å². The van der Waals surface area contributed by atoms with Gasteiger partial charge >= 0.3 is 0 Å². The number of ether oxygens (including phenoxy) is 1. The topological polar surface area (TPSA) is 29.5 Å². The Bertz CT molecular complexity index is 402. The van der Waals surface area contributed by atoms with Crippen LogP contribution in [0.25, 0.3) is 0 Å². The first-order chi connectivity index (χ1) is 7.65. The number of hydrogen-bond donors (Lipinski definition) is 1. The number of aliphatic hydroxyl groups excluding tert-OH is 1. The molecule has 0 aliphatic heterocycles. The smallest absolute Gasteiger partial charge is 0.125 e. The maximum Gasteiger partial charge on any atom is 0.125 e. The van der Waals surface area contributed by atoms with Crippen LogP contribution in [0.1, 0.15) is 31.9 Å². The van der Waals surface area contributed by atoms with Crippen LogP contribution in [0, 0.1) is 11.8 Å². The van der Waals surface area contributed by atoms with Crippen molar-refractivity contribution in [2.75, 3.05) is 6.61 Å². The van der Waals surface area contributed by atoms with Crippen molar-refractivity contribution in [3.8, 4) is 17.6 Å². The van der Waals surface area contributed by atoms with E-state index in [1.165, 1.54) is 0 Å². The number of aliphatic hydroxyl groups is 1. The SMILES string of the molecule is CC#CCCOc1ccc(Cl)cc1[C@@H](C)O. The summed E-state index contributed by atoms with van der Waals surface area (Å²) in [6.45, 7) is 4.00. The summed E-state index contributed by atoms with van der Waals surface area (Å²) >= 11 is 5.86. The highest BCUT2D eigenvalue weighted by Gasteiger charge is 2.09. The summed E-state index contributed by atoms with van der Waals surface area (Å²) < 4.78 is 5.53. The Morgan fingerprint density at radius 3 is 2.88 bits per heavy atom. The molecular weight excluding hydrogens is 224 g/mol. The molecule has 0 aliphatic rings. The largest absolute Gasteiger partial charge is 0.492 e. The van der Waals surface area contributed by atoms with E-state index in [4.69, 9.17) is 16.3 Å². The van der Waals surface area contributed by atoms with Crippen molar-refractivity contribution in [3.05, 3.63) is 28.8 Å². The molecule has 0 amide bonds. The lowest BCUT2D eigenvalue weighted by Crippen LogP contribution is -2.01. The van der Waals surface area contributed by atoms with Crippen LogP contribution in [-0.2, 0) is 0 Å². The third-order valence-corrected chi connectivity index (χ3v) is 2.32. The highest BCUT2D eigenvalue weighted by atomic mass is 35.5. The second-order valence-electron chi connectivity index (χ2n) is 3.38. The minimum absolute atomic E-state index is 0.516. The molecule has 0 saturated carbocycles. The Kier molecular flexibility index (Phi) is 5.18. The van der Waals surface area contributed by atoms with Gasteiger partial charge in [0.15, 0.2) is 0 Å². The quantitative estimate of drug-likeness (QED) is 0.645. The average molecular weight is 239 g/mol. The fraction of sp³-hybridized carbons (Fsp3) is 0.385. The van der Waals surface area contributed by atoms with Crippen molar-refractivity contribution in [2.45, 2.75) is 26.4 Å². The van der Waals surface area contributed by atoms with Gasteiger partial charge < -0.3 is 9.84 Å². The lowest BCUT2D eigenvalue weighted by atomic mass is 10.1. The predicted octanol–water partition coefficient (Wildman–Crippen LogP) is 3.19. The van der Waals surface area contributed by atoms with E-state index < -0.39 is 6.10 Å². The maximum absolute atomic E-state index is 9.57. The third kappa shape index (κ3) is 3.77. The first kappa shape index (κ1) is 12.9. The molecule has 0 saturated heterocycles. The summed E-state index contributed by atoms with van der Waals surface area (Å²) in [6, 6.07) is 5.23. The fourth-order valence-corrected chi connectivity index (χ4v) is 1.49. The molecule has 1 rings (SSSR count). The molecule has 1 aromatic carbocycles. The maximum atomic E-state index is 9.57. The van der Waals surface area contributed by atoms with E-state index >= 15 is 0 Å². The Morgan fingerprint density at radius 2 is 2.25 bits per heavy atom. The minimum Gasteiger partial charge on any atom is -0.492 e. The highest BCUT2D eigenvalue weighted by Crippen LogP contribution is 2.28. The summed E-state index contributed by atoms with van der Waals surface area (Å²) in [4.78, 5) is 0. The molecule has 0 spiro atoms. The van der Waals surface area contributed by atoms with Gasteiger partial charge in [0.1, 0.15) is 5.75 Å². The number of benzene rings is 1. The van der Waals surface area contributed by atoms with Gasteiger partial charge in [0.25, 0.3) is 0 Å². The minimum atomic E-state index is -0.592. The van der Waals surface area contributed by atoms with E-state index in [0.717, 1.165) is 0 Å². The zero-order chi connectivity index (χ0) is 12.0. The molecule has 2 nitrogen and oxygen atoms in total. The third-order valence-electron chi connectivity index (χ3n) is 2.08. The van der Waals surface area contributed by atoms with E-state index in [-0.39, 0.29) is 0 Å². The fourth-order valence-electron chi connectivity index (χ4n) is 1.31. The Balaban J connectivity index is 2.73. The summed E-state index contributed by atoms with van der Waals surface area (Å²) in [5.41, 5.74) is 0.706. The van der Waals surface area contributed by atoms with Crippen LogP contribution < -0.4 is 4.74 Å². The van der Waals surface area contributed by atoms with Gasteiger partial charge in [-0.1, -0.05) is 11.6 Å². The van der Waals surface area contributed by atoms with E-state index in [9.17, 15) is 5.11 Å². The van der Waals surface area contributed by atoms with Gasteiger partial charge in [0, 0.05) is 17.0 Å². The number of hydrogen-bond acceptors (Lipinski definition) is 2. The molecule has 0 radical (unpaired) electrons. The second-order valence-corrected chi connectivity index (χ2v) is 3.82. The average Bonchev–Trinajstić information content (AvgIpc) is 2.26. The van der Waals surface area contributed by atoms with Crippen molar-refractivity contribution >= 4 is 11.6 Å². The molecule has 0 fully saturated rings. The van der Waals surface area contributed by atoms with E-state index in [1.54, 1.807) is 32.0 Å². The van der Waals surface area contributed by atoms with Crippen LogP contribution in [0.15, 0.2) is 18.2 Å². The standard InChI is InChI=1S/C13H15ClO2/c1-3-4-5-8-16-13-7-6-11(14)9-12(13)10(2)15/h6-7,9-10,15H,5,8H2,1-2H3/t10-/m1/s1. The first-order valence-electron chi connectivity index (χ1n) is 5.15. The molecule has 86 valence electrons. The molecule has 0 unspecified atom stereocenters. The first-order valence-corrected chi connectivity index (χ1v) is 5.53. The molecule has 0 bridgehead atoms. The van der Waals surface area contributed by atoms with E-state index in [1.807, 2.05) is 0 Å². The normalized spacial score (nSPS) is 11.5. The van der Waals surface area contributed by atoms with Gasteiger partial charge in [-0.2, -0.15) is 0 Å². The van der Waals surface area contributed by atoms with Crippen LogP contribution >= 0.6 is 11.6 Å². The van der Waals surface area contributed by atoms with Crippen molar-refractivity contribution in [2.24, 2.45) is 0 Å². The van der Waals surface area contributed by atoms with E-state index in [2.05, 4.69) is 11.8 Å². The summed E-state index contributed by atoms with van der Waals surface area (Å²) in [5.74, 6) is 6.38. The molecule has 1 atom stereocenters. The van der Waals surface area contributed by atoms with Crippen molar-refractivity contribution in [3.63, 3.8) is 0 Å². The van der Waals surface area contributed by atoms with Gasteiger partial charge in [0.2, 0.25) is 0 Å². The summed E-state index contributed by atoms with van der Waals surface area (Å²) in [5, 5.41) is 10.2. The Hall–Kier alpha value is -1.17. The zero-order valence-electron chi connectivity index (χ0n) is 9.46. The molecule has 16 heavy (non-hydrogen) atoms. The molecule has 3 heteroatoms. The van der Waals surface area contributed by atoms with Gasteiger partial charge in [-0.15, -0.1) is 11.8 Å². The second kappa shape index (κ2) is 6.42. The number of rotatable bonds is 4. The van der Waals surface area contributed by atoms with Gasteiger partial charge in [-0.3, -0.25) is 0 Å². The van der Waals surface area contributed by atoms with Crippen LogP contribution in [0.3, 0.4) is 0 Å². The van der Waals surface area contributed by atoms with Gasteiger partial charge in [-0.25, -0.2) is 0 Å². The monoisotopic (exact) mass is 238 g/mol. The lowest BCUT2D eigenvalue weighted by molar-refractivity contribution is 0.191. The summed E-state index contributed by atoms with van der Waals surface area (Å²) in [6.07, 6.45) is 0.0872. The molecule has 1 N–H and O–H groups in total. The zero-order valence-corrected chi connectivity index (χ0v) is 10.2. The van der Waals surface area contributed by atoms with Crippen LogP contribution in [-0.4, -0.2) is 11.7 Å². The predicted molar refractivity (Wildman–Crippen MR) is 65.6 cm³/mol. The van der Waals surface area contributed by atoms with Crippen molar-refractivity contribution < 1.29 is 9.84 Å². The highest BCUT2D eigenvalue weighted by molar-refractivity contribution is 6.30. The van der Waals surface area contributed by atoms with E-state index in [0.29, 0.717) is 29.4 Å². The van der Waals surface area contributed by atoms with Gasteiger partial charge in [0.05, 0.1) is 12.7 Å². The van der Waals surface area contributed by atoms with Gasteiger partial charge in [-0.05, 0) is 32.0 Å². The lowest BCUT2D eigenvalue weighted by Gasteiger charge is -2.12. The molecule has 0 aliphatic carbocycles. The molecule has 0 heterocycles. The van der Waals surface area contributed by atoms with Crippen molar-refractivity contribution in [1.29, 1.82) is 0 Å². The van der Waals surface area contributed by atoms with Crippen LogP contribution in [0.2, 0.25) is 5.02 Å². The molecular formula is C13H15ClO2. The Morgan fingerprint density at radius 1 is 1.50 bits per heavy atom. The molecule has 1 aromatic rings. The van der Waals surface area contributed by atoms with Crippen molar-refractivity contribution in [1.82, 2.24) is 0 Å². The Labute approximate surface area is 101 Å². The summed E-state index contributed by atoms with van der Waals surface area (Å²) in [7, 11) is 0.